The topological polar surface area (TPSA) is 237 Å². The van der Waals surface area contributed by atoms with Crippen molar-refractivity contribution in [3.63, 3.8) is 0 Å². The molecule has 0 aliphatic heterocycles. The van der Waals surface area contributed by atoms with E-state index in [0.717, 1.165) is 27.6 Å². The van der Waals surface area contributed by atoms with Crippen molar-refractivity contribution < 1.29 is 19.2 Å². The molecule has 0 spiro atoms. The molecule has 0 saturated heterocycles. The predicted molar refractivity (Wildman–Crippen MR) is 185 cm³/mol. The van der Waals surface area contributed by atoms with Crippen LogP contribution in [0.4, 0.5) is 0 Å². The highest BCUT2D eigenvalue weighted by molar-refractivity contribution is 5.95. The largest absolute Gasteiger partial charge is 0.370 e. The van der Waals surface area contributed by atoms with Crippen molar-refractivity contribution in [2.24, 2.45) is 27.9 Å². The Hall–Kier alpha value is -5.69. The molecule has 1 heterocycles. The highest BCUT2D eigenvalue weighted by atomic mass is 16.2. The van der Waals surface area contributed by atoms with E-state index in [1.165, 1.54) is 0 Å². The van der Waals surface area contributed by atoms with Gasteiger partial charge in [0.05, 0.1) is 6.04 Å². The van der Waals surface area contributed by atoms with E-state index in [0.29, 0.717) is 6.42 Å². The van der Waals surface area contributed by atoms with Crippen LogP contribution in [0.15, 0.2) is 96.1 Å². The normalized spacial score (nSPS) is 13.4. The monoisotopic (exact) mass is 653 g/mol. The molecule has 0 aliphatic rings. The first-order chi connectivity index (χ1) is 23.1. The molecule has 1 aromatic heterocycles. The summed E-state index contributed by atoms with van der Waals surface area (Å²) in [6, 6.07) is 21.8. The van der Waals surface area contributed by atoms with Gasteiger partial charge in [0.15, 0.2) is 5.96 Å². The van der Waals surface area contributed by atoms with Crippen molar-refractivity contribution in [3.8, 4) is 0 Å². The predicted octanol–water partition coefficient (Wildman–Crippen LogP) is 0.516. The van der Waals surface area contributed by atoms with Crippen molar-refractivity contribution in [1.29, 1.82) is 0 Å². The van der Waals surface area contributed by atoms with Gasteiger partial charge < -0.3 is 43.9 Å². The van der Waals surface area contributed by atoms with E-state index in [1.54, 1.807) is 6.20 Å². The molecule has 0 bridgehead atoms. The number of primary amides is 1. The fourth-order valence-electron chi connectivity index (χ4n) is 5.36. The Bertz CT molecular complexity index is 1700. The molecule has 4 amide bonds. The number of H-pyrrole nitrogens is 1. The summed E-state index contributed by atoms with van der Waals surface area (Å²) in [5, 5.41) is 9.17. The number of amides is 4. The third-order valence-corrected chi connectivity index (χ3v) is 7.89. The lowest BCUT2D eigenvalue weighted by Crippen LogP contribution is -2.58. The smallest absolute Gasteiger partial charge is 0.243 e. The van der Waals surface area contributed by atoms with Gasteiger partial charge >= 0.3 is 0 Å². The second-order valence-electron chi connectivity index (χ2n) is 11.6. The van der Waals surface area contributed by atoms with E-state index < -0.39 is 47.8 Å². The van der Waals surface area contributed by atoms with Gasteiger partial charge in [0.1, 0.15) is 18.1 Å². The molecule has 0 aliphatic carbocycles. The number of hydrogen-bond acceptors (Lipinski definition) is 6. The molecule has 3 aromatic carbocycles. The van der Waals surface area contributed by atoms with E-state index in [9.17, 15) is 19.2 Å². The summed E-state index contributed by atoms with van der Waals surface area (Å²) in [5.41, 5.74) is 26.2. The number of nitrogens with two attached hydrogens (primary N) is 4. The lowest BCUT2D eigenvalue weighted by Gasteiger charge is -2.25. The second-order valence-corrected chi connectivity index (χ2v) is 11.6. The zero-order valence-corrected chi connectivity index (χ0v) is 26.6. The van der Waals surface area contributed by atoms with Crippen molar-refractivity contribution in [2.75, 3.05) is 6.54 Å². The third-order valence-electron chi connectivity index (χ3n) is 7.89. The van der Waals surface area contributed by atoms with Crippen molar-refractivity contribution in [2.45, 2.75) is 56.3 Å². The third kappa shape index (κ3) is 10.4. The maximum absolute atomic E-state index is 13.8. The van der Waals surface area contributed by atoms with Gasteiger partial charge in [0.2, 0.25) is 23.6 Å². The zero-order valence-electron chi connectivity index (χ0n) is 26.6. The Kier molecular flexibility index (Phi) is 12.7. The minimum Gasteiger partial charge on any atom is -0.370 e. The van der Waals surface area contributed by atoms with Crippen molar-refractivity contribution >= 4 is 40.5 Å². The van der Waals surface area contributed by atoms with E-state index in [1.807, 2.05) is 84.9 Å². The fraction of sp³-hybridized carbons (Fsp3) is 0.286. The van der Waals surface area contributed by atoms with Gasteiger partial charge in [-0.15, -0.1) is 0 Å². The molecule has 0 saturated carbocycles. The highest BCUT2D eigenvalue weighted by Crippen LogP contribution is 2.19. The molecular weight excluding hydrogens is 610 g/mol. The summed E-state index contributed by atoms with van der Waals surface area (Å²) < 4.78 is 0. The quantitative estimate of drug-likeness (QED) is 0.0456. The molecule has 13 nitrogen and oxygen atoms in total. The van der Waals surface area contributed by atoms with E-state index in [2.05, 4.69) is 25.9 Å². The number of para-hydroxylation sites is 1. The van der Waals surface area contributed by atoms with Gasteiger partial charge in [0.25, 0.3) is 0 Å². The van der Waals surface area contributed by atoms with Gasteiger partial charge in [-0.25, -0.2) is 0 Å². The summed E-state index contributed by atoms with van der Waals surface area (Å²) in [6.45, 7) is 0.222. The lowest BCUT2D eigenvalue weighted by molar-refractivity contribution is -0.133. The Labute approximate surface area is 278 Å². The summed E-state index contributed by atoms with van der Waals surface area (Å²) in [6.07, 6.45) is 2.80. The van der Waals surface area contributed by atoms with E-state index in [4.69, 9.17) is 22.9 Å². The molecular formula is C35H43N9O4. The van der Waals surface area contributed by atoms with Gasteiger partial charge in [0, 0.05) is 36.5 Å². The Morgan fingerprint density at radius 3 is 1.88 bits per heavy atom. The van der Waals surface area contributed by atoms with Crippen LogP contribution in [0.2, 0.25) is 0 Å². The van der Waals surface area contributed by atoms with Crippen molar-refractivity contribution in [3.05, 3.63) is 108 Å². The first kappa shape index (κ1) is 35.2. The molecule has 4 rings (SSSR count). The van der Waals surface area contributed by atoms with Gasteiger partial charge in [-0.05, 0) is 42.0 Å². The zero-order chi connectivity index (χ0) is 34.5. The Morgan fingerprint density at radius 2 is 1.23 bits per heavy atom. The first-order valence-electron chi connectivity index (χ1n) is 15.7. The number of aromatic nitrogens is 1. The van der Waals surface area contributed by atoms with Crippen molar-refractivity contribution in [1.82, 2.24) is 20.9 Å². The standard InChI is InChI=1S/C35H43N9O4/c36-26(18-22-10-3-1-4-11-22)32(46)42-28(16-9-17-40-35(38)39)33(47)44-30(19-23-12-5-2-6-13-23)34(48)43-29(31(37)45)20-24-21-41-27-15-8-7-14-25(24)27/h1-8,10-15,21,26,28-30,41H,9,16-20,36H2,(H2,37,45)(H,42,46)(H,43,48)(H,44,47)(H4,38,39,40). The second kappa shape index (κ2) is 17.3. The van der Waals surface area contributed by atoms with E-state index in [-0.39, 0.29) is 38.2 Å². The molecule has 0 radical (unpaired) electrons. The highest BCUT2D eigenvalue weighted by Gasteiger charge is 2.30. The average Bonchev–Trinajstić information content (AvgIpc) is 3.48. The number of hydrogen-bond donors (Lipinski definition) is 8. The number of nitrogens with one attached hydrogen (secondary N) is 4. The molecule has 13 heteroatoms. The molecule has 4 aromatic rings. The summed E-state index contributed by atoms with van der Waals surface area (Å²) in [7, 11) is 0. The maximum atomic E-state index is 13.8. The number of carbonyl (C=O) groups is 4. The van der Waals surface area contributed by atoms with Crippen LogP contribution >= 0.6 is 0 Å². The summed E-state index contributed by atoms with van der Waals surface area (Å²) >= 11 is 0. The molecule has 252 valence electrons. The van der Waals surface area contributed by atoms with Crippen LogP contribution in [0, 0.1) is 0 Å². The Morgan fingerprint density at radius 1 is 0.667 bits per heavy atom. The number of carbonyl (C=O) groups excluding carboxylic acids is 4. The number of rotatable bonds is 17. The number of aromatic amines is 1. The number of fused-ring (bicyclic) bond motifs is 1. The van der Waals surface area contributed by atoms with Crippen LogP contribution in [-0.4, -0.2) is 65.3 Å². The van der Waals surface area contributed by atoms with Crippen LogP contribution in [0.5, 0.6) is 0 Å². The van der Waals surface area contributed by atoms with Crippen LogP contribution in [-0.2, 0) is 38.4 Å². The number of benzene rings is 3. The van der Waals surface area contributed by atoms with E-state index >= 15 is 0 Å². The maximum Gasteiger partial charge on any atom is 0.243 e. The lowest BCUT2D eigenvalue weighted by atomic mass is 10.0. The van der Waals surface area contributed by atoms with Crippen LogP contribution in [0.3, 0.4) is 0 Å². The Balaban J connectivity index is 1.52. The SMILES string of the molecule is NC(=O)C(Cc1c[nH]c2ccccc12)NC(=O)C(Cc1ccccc1)NC(=O)C(CCCN=C(N)N)NC(=O)C(N)Cc1ccccc1. The molecule has 0 fully saturated rings. The average molecular weight is 654 g/mol. The summed E-state index contributed by atoms with van der Waals surface area (Å²) in [5.74, 6) is -2.57. The molecule has 4 unspecified atom stereocenters. The van der Waals surface area contributed by atoms with Gasteiger partial charge in [-0.1, -0.05) is 78.9 Å². The van der Waals surface area contributed by atoms with Crippen LogP contribution in [0.1, 0.15) is 29.5 Å². The molecule has 48 heavy (non-hydrogen) atoms. The van der Waals surface area contributed by atoms with Gasteiger partial charge in [-0.2, -0.15) is 0 Å². The molecule has 12 N–H and O–H groups in total. The fourth-order valence-corrected chi connectivity index (χ4v) is 5.36. The minimum absolute atomic E-state index is 0.0961. The minimum atomic E-state index is -1.11. The number of nitrogens with zero attached hydrogens (tertiary/aromatic N) is 1. The number of aliphatic imine (C=N–C) groups is 1. The van der Waals surface area contributed by atoms with Crippen LogP contribution in [0.25, 0.3) is 10.9 Å². The number of guanidine groups is 1. The van der Waals surface area contributed by atoms with Gasteiger partial charge in [-0.3, -0.25) is 24.2 Å². The van der Waals surface area contributed by atoms with Crippen LogP contribution < -0.4 is 38.9 Å². The summed E-state index contributed by atoms with van der Waals surface area (Å²) in [4.78, 5) is 60.4. The molecule has 4 atom stereocenters. The first-order valence-corrected chi connectivity index (χ1v) is 15.7.